The Labute approximate surface area is 206 Å². The van der Waals surface area contributed by atoms with Gasteiger partial charge < -0.3 is 10.2 Å². The van der Waals surface area contributed by atoms with Crippen molar-refractivity contribution in [2.24, 2.45) is 0 Å². The Bertz CT molecular complexity index is 1370. The number of rotatable bonds is 8. The first kappa shape index (κ1) is 23.8. The van der Waals surface area contributed by atoms with E-state index in [1.54, 1.807) is 48.1 Å². The second-order valence-corrected chi connectivity index (χ2v) is 8.68. The molecule has 4 rings (SSSR count). The molecule has 0 saturated carbocycles. The standard InChI is InChI=1S/C24H24Cl2N6O2/c1-27-22(33)17(15-7-4-3-5-8-15)9-6-12-32-21-20(14-28-32)29-24(30-23(21)34)31(2)16-10-11-18(25)19(26)13-16/h3-5,7-8,10-11,13-14,17H,6,9,12H2,1-2H3,(H,27,33)(H,29,30,34). The van der Waals surface area contributed by atoms with Gasteiger partial charge in [-0.1, -0.05) is 53.5 Å². The van der Waals surface area contributed by atoms with Gasteiger partial charge in [0, 0.05) is 26.3 Å². The highest BCUT2D eigenvalue weighted by atomic mass is 35.5. The zero-order valence-corrected chi connectivity index (χ0v) is 20.3. The smallest absolute Gasteiger partial charge is 0.278 e. The Kier molecular flexibility index (Phi) is 7.19. The number of H-pyrrole nitrogens is 1. The fourth-order valence-corrected chi connectivity index (χ4v) is 4.18. The van der Waals surface area contributed by atoms with E-state index in [0.717, 1.165) is 11.3 Å². The minimum Gasteiger partial charge on any atom is -0.359 e. The summed E-state index contributed by atoms with van der Waals surface area (Å²) in [6, 6.07) is 14.8. The monoisotopic (exact) mass is 498 g/mol. The Balaban J connectivity index is 1.53. The molecule has 1 amide bonds. The molecule has 2 aromatic carbocycles. The van der Waals surface area contributed by atoms with Crippen molar-refractivity contribution in [2.75, 3.05) is 19.0 Å². The van der Waals surface area contributed by atoms with E-state index in [2.05, 4.69) is 20.4 Å². The van der Waals surface area contributed by atoms with Crippen LogP contribution in [0.4, 0.5) is 11.6 Å². The molecule has 10 heteroatoms. The van der Waals surface area contributed by atoms with E-state index < -0.39 is 0 Å². The van der Waals surface area contributed by atoms with Gasteiger partial charge in [0.05, 0.1) is 22.2 Å². The zero-order valence-electron chi connectivity index (χ0n) is 18.8. The molecule has 2 aromatic heterocycles. The summed E-state index contributed by atoms with van der Waals surface area (Å²) < 4.78 is 1.63. The molecule has 2 heterocycles. The van der Waals surface area contributed by atoms with E-state index in [9.17, 15) is 9.59 Å². The van der Waals surface area contributed by atoms with E-state index in [0.29, 0.717) is 46.4 Å². The molecule has 0 spiro atoms. The first-order chi connectivity index (χ1) is 16.4. The molecule has 0 fully saturated rings. The summed E-state index contributed by atoms with van der Waals surface area (Å²) in [6.07, 6.45) is 2.85. The van der Waals surface area contributed by atoms with Crippen molar-refractivity contribution < 1.29 is 4.79 Å². The number of carbonyl (C=O) groups is 1. The molecule has 1 atom stereocenters. The van der Waals surface area contributed by atoms with Crippen LogP contribution in [-0.2, 0) is 11.3 Å². The Hall–Kier alpha value is -3.36. The normalized spacial score (nSPS) is 12.0. The van der Waals surface area contributed by atoms with Gasteiger partial charge in [0.1, 0.15) is 5.52 Å². The molecule has 4 aromatic rings. The lowest BCUT2D eigenvalue weighted by Crippen LogP contribution is -2.26. The van der Waals surface area contributed by atoms with Gasteiger partial charge >= 0.3 is 0 Å². The lowest BCUT2D eigenvalue weighted by atomic mass is 9.93. The summed E-state index contributed by atoms with van der Waals surface area (Å²) in [4.78, 5) is 34.4. The molecule has 0 radical (unpaired) electrons. The molecule has 34 heavy (non-hydrogen) atoms. The molecule has 0 aliphatic rings. The number of hydrogen-bond donors (Lipinski definition) is 2. The molecule has 2 N–H and O–H groups in total. The molecule has 0 saturated heterocycles. The Morgan fingerprint density at radius 3 is 2.65 bits per heavy atom. The summed E-state index contributed by atoms with van der Waals surface area (Å²) >= 11 is 12.1. The van der Waals surface area contributed by atoms with Crippen molar-refractivity contribution in [1.82, 2.24) is 25.1 Å². The van der Waals surface area contributed by atoms with Crippen molar-refractivity contribution in [2.45, 2.75) is 25.3 Å². The van der Waals surface area contributed by atoms with Crippen LogP contribution in [-0.4, -0.2) is 39.8 Å². The fourth-order valence-electron chi connectivity index (χ4n) is 3.89. The average Bonchev–Trinajstić information content (AvgIpc) is 3.26. The van der Waals surface area contributed by atoms with Crippen molar-refractivity contribution in [3.63, 3.8) is 0 Å². The van der Waals surface area contributed by atoms with Crippen LogP contribution in [0.25, 0.3) is 11.0 Å². The highest BCUT2D eigenvalue weighted by Gasteiger charge is 2.20. The van der Waals surface area contributed by atoms with Gasteiger partial charge in [-0.3, -0.25) is 19.3 Å². The summed E-state index contributed by atoms with van der Waals surface area (Å²) in [5, 5.41) is 7.96. The highest BCUT2D eigenvalue weighted by molar-refractivity contribution is 6.42. The molecule has 0 bridgehead atoms. The molecule has 0 aliphatic heterocycles. The van der Waals surface area contributed by atoms with Crippen molar-refractivity contribution in [3.8, 4) is 0 Å². The second kappa shape index (κ2) is 10.3. The summed E-state index contributed by atoms with van der Waals surface area (Å²) in [5.41, 5.74) is 2.27. The van der Waals surface area contributed by atoms with Crippen LogP contribution in [0, 0.1) is 0 Å². The van der Waals surface area contributed by atoms with Crippen LogP contribution in [0.15, 0.2) is 59.5 Å². The minimum absolute atomic E-state index is 0.0361. The highest BCUT2D eigenvalue weighted by Crippen LogP contribution is 2.29. The second-order valence-electron chi connectivity index (χ2n) is 7.87. The van der Waals surface area contributed by atoms with Gasteiger partial charge in [-0.05, 0) is 36.6 Å². The number of aromatic amines is 1. The van der Waals surface area contributed by atoms with Crippen LogP contribution in [0.1, 0.15) is 24.3 Å². The van der Waals surface area contributed by atoms with E-state index in [1.807, 2.05) is 30.3 Å². The minimum atomic E-state index is -0.296. The molecule has 1 unspecified atom stereocenters. The number of aryl methyl sites for hydroxylation is 1. The molecular weight excluding hydrogens is 475 g/mol. The number of amides is 1. The van der Waals surface area contributed by atoms with Gasteiger partial charge in [0.25, 0.3) is 5.56 Å². The largest absolute Gasteiger partial charge is 0.359 e. The third kappa shape index (κ3) is 4.93. The number of nitrogens with one attached hydrogen (secondary N) is 2. The lowest BCUT2D eigenvalue weighted by molar-refractivity contribution is -0.122. The summed E-state index contributed by atoms with van der Waals surface area (Å²) in [5.74, 6) is 0.0566. The number of benzene rings is 2. The van der Waals surface area contributed by atoms with E-state index >= 15 is 0 Å². The van der Waals surface area contributed by atoms with Crippen LogP contribution >= 0.6 is 23.2 Å². The maximum Gasteiger partial charge on any atom is 0.278 e. The van der Waals surface area contributed by atoms with Crippen LogP contribution in [0.2, 0.25) is 10.0 Å². The summed E-state index contributed by atoms with van der Waals surface area (Å²) in [6.45, 7) is 0.483. The van der Waals surface area contributed by atoms with E-state index in [-0.39, 0.29) is 17.4 Å². The molecule has 0 aliphatic carbocycles. The van der Waals surface area contributed by atoms with Crippen molar-refractivity contribution >= 4 is 51.8 Å². The maximum absolute atomic E-state index is 12.9. The van der Waals surface area contributed by atoms with Crippen LogP contribution < -0.4 is 15.8 Å². The van der Waals surface area contributed by atoms with Crippen molar-refractivity contribution in [1.29, 1.82) is 0 Å². The quantitative estimate of drug-likeness (QED) is 0.372. The summed E-state index contributed by atoms with van der Waals surface area (Å²) in [7, 11) is 3.41. The zero-order chi connectivity index (χ0) is 24.2. The van der Waals surface area contributed by atoms with Crippen LogP contribution in [0.3, 0.4) is 0 Å². The first-order valence-corrected chi connectivity index (χ1v) is 11.6. The Morgan fingerprint density at radius 2 is 1.94 bits per heavy atom. The van der Waals surface area contributed by atoms with E-state index in [1.165, 1.54) is 0 Å². The number of aromatic nitrogens is 4. The first-order valence-electron chi connectivity index (χ1n) is 10.8. The average molecular weight is 499 g/mol. The van der Waals surface area contributed by atoms with Gasteiger partial charge in [0.15, 0.2) is 5.52 Å². The Morgan fingerprint density at radius 1 is 1.18 bits per heavy atom. The predicted octanol–water partition coefficient (Wildman–Crippen LogP) is 4.50. The third-order valence-electron chi connectivity index (χ3n) is 5.72. The number of fused-ring (bicyclic) bond motifs is 1. The van der Waals surface area contributed by atoms with Gasteiger partial charge in [-0.25, -0.2) is 4.98 Å². The van der Waals surface area contributed by atoms with Gasteiger partial charge in [-0.2, -0.15) is 5.10 Å². The number of nitrogens with zero attached hydrogens (tertiary/aromatic N) is 4. The van der Waals surface area contributed by atoms with Gasteiger partial charge in [0.2, 0.25) is 11.9 Å². The van der Waals surface area contributed by atoms with Crippen molar-refractivity contribution in [3.05, 3.63) is 80.7 Å². The SMILES string of the molecule is CNC(=O)C(CCCn1ncc2nc(N(C)c3ccc(Cl)c(Cl)c3)[nH]c(=O)c21)c1ccccc1. The number of hydrogen-bond acceptors (Lipinski definition) is 5. The van der Waals surface area contributed by atoms with Gasteiger partial charge in [-0.15, -0.1) is 0 Å². The maximum atomic E-state index is 12.9. The molecule has 8 nitrogen and oxygen atoms in total. The number of carbonyl (C=O) groups excluding carboxylic acids is 1. The van der Waals surface area contributed by atoms with Crippen LogP contribution in [0.5, 0.6) is 0 Å². The predicted molar refractivity (Wildman–Crippen MR) is 135 cm³/mol. The topological polar surface area (TPSA) is 95.9 Å². The number of likely N-dealkylation sites (N-methyl/N-ethyl adjacent to an activating group) is 1. The molecule has 176 valence electrons. The van der Waals surface area contributed by atoms with E-state index in [4.69, 9.17) is 23.2 Å². The number of halogens is 2. The lowest BCUT2D eigenvalue weighted by Gasteiger charge is -2.18. The molecular formula is C24H24Cl2N6O2. The fraction of sp³-hybridized carbons (Fsp3) is 0.250. The number of anilines is 2. The third-order valence-corrected chi connectivity index (χ3v) is 6.46.